The van der Waals surface area contributed by atoms with Gasteiger partial charge >= 0.3 is 0 Å². The van der Waals surface area contributed by atoms with Crippen LogP contribution in [-0.4, -0.2) is 18.3 Å². The lowest BCUT2D eigenvalue weighted by atomic mass is 10.1. The second kappa shape index (κ2) is 7.07. The van der Waals surface area contributed by atoms with Crippen LogP contribution in [0.2, 0.25) is 0 Å². The molecule has 0 heterocycles. The standard InChI is InChI=1S/C15H25NS/c1-11(2)14(5)16-8-9-17-15-7-6-12(3)10-13(15)4/h6-7,10-11,14,16H,8-9H2,1-5H3. The zero-order valence-corrected chi connectivity index (χ0v) is 12.5. The van der Waals surface area contributed by atoms with Crippen molar-refractivity contribution in [1.82, 2.24) is 5.32 Å². The number of nitrogens with one attached hydrogen (secondary N) is 1. The van der Waals surface area contributed by atoms with Crippen molar-refractivity contribution in [2.45, 2.75) is 45.6 Å². The molecule has 1 unspecified atom stereocenters. The number of rotatable bonds is 6. The van der Waals surface area contributed by atoms with E-state index in [-0.39, 0.29) is 0 Å². The summed E-state index contributed by atoms with van der Waals surface area (Å²) in [7, 11) is 0. The van der Waals surface area contributed by atoms with Crippen LogP contribution in [-0.2, 0) is 0 Å². The van der Waals surface area contributed by atoms with Crippen molar-refractivity contribution in [3.63, 3.8) is 0 Å². The Balaban J connectivity index is 2.31. The minimum absolute atomic E-state index is 0.606. The first kappa shape index (κ1) is 14.6. The highest BCUT2D eigenvalue weighted by Crippen LogP contribution is 2.22. The van der Waals surface area contributed by atoms with E-state index in [9.17, 15) is 0 Å². The first-order valence-electron chi connectivity index (χ1n) is 6.44. The average Bonchev–Trinajstić information content (AvgIpc) is 2.26. The molecule has 0 spiro atoms. The van der Waals surface area contributed by atoms with Crippen LogP contribution >= 0.6 is 11.8 Å². The molecule has 17 heavy (non-hydrogen) atoms. The van der Waals surface area contributed by atoms with Gasteiger partial charge in [-0.05, 0) is 38.3 Å². The van der Waals surface area contributed by atoms with E-state index in [4.69, 9.17) is 0 Å². The van der Waals surface area contributed by atoms with Gasteiger partial charge in [0.1, 0.15) is 0 Å². The monoisotopic (exact) mass is 251 g/mol. The van der Waals surface area contributed by atoms with Gasteiger partial charge in [-0.2, -0.15) is 0 Å². The van der Waals surface area contributed by atoms with Crippen molar-refractivity contribution in [2.75, 3.05) is 12.3 Å². The smallest absolute Gasteiger partial charge is 0.0106 e. The summed E-state index contributed by atoms with van der Waals surface area (Å²) >= 11 is 1.95. The average molecular weight is 251 g/mol. The van der Waals surface area contributed by atoms with Crippen LogP contribution in [0.15, 0.2) is 23.1 Å². The highest BCUT2D eigenvalue weighted by molar-refractivity contribution is 7.99. The summed E-state index contributed by atoms with van der Waals surface area (Å²) in [5, 5.41) is 3.56. The first-order valence-corrected chi connectivity index (χ1v) is 7.42. The van der Waals surface area contributed by atoms with E-state index in [1.807, 2.05) is 11.8 Å². The number of hydrogen-bond donors (Lipinski definition) is 1. The number of benzene rings is 1. The van der Waals surface area contributed by atoms with Gasteiger partial charge < -0.3 is 5.32 Å². The third-order valence-corrected chi connectivity index (χ3v) is 4.33. The molecule has 0 aliphatic rings. The maximum absolute atomic E-state index is 3.56. The summed E-state index contributed by atoms with van der Waals surface area (Å²) < 4.78 is 0. The molecule has 0 saturated heterocycles. The molecule has 1 aromatic carbocycles. The second-order valence-corrected chi connectivity index (χ2v) is 6.24. The van der Waals surface area contributed by atoms with Crippen molar-refractivity contribution in [1.29, 1.82) is 0 Å². The zero-order valence-electron chi connectivity index (χ0n) is 11.7. The third-order valence-electron chi connectivity index (χ3n) is 3.16. The van der Waals surface area contributed by atoms with Gasteiger partial charge in [-0.15, -0.1) is 11.8 Å². The molecule has 0 aromatic heterocycles. The lowest BCUT2D eigenvalue weighted by molar-refractivity contribution is 0.438. The molecule has 0 saturated carbocycles. The molecule has 96 valence electrons. The Labute approximate surface area is 110 Å². The Morgan fingerprint density at radius 2 is 1.88 bits per heavy atom. The minimum atomic E-state index is 0.606. The molecule has 0 radical (unpaired) electrons. The van der Waals surface area contributed by atoms with Gasteiger partial charge in [0.2, 0.25) is 0 Å². The van der Waals surface area contributed by atoms with Crippen LogP contribution in [0.1, 0.15) is 31.9 Å². The zero-order chi connectivity index (χ0) is 12.8. The molecule has 0 aliphatic carbocycles. The minimum Gasteiger partial charge on any atom is -0.313 e. The molecule has 1 rings (SSSR count). The molecule has 1 atom stereocenters. The predicted octanol–water partition coefficient (Wildman–Crippen LogP) is 4.03. The summed E-state index contributed by atoms with van der Waals surface area (Å²) in [6.07, 6.45) is 0. The molecule has 1 N–H and O–H groups in total. The van der Waals surface area contributed by atoms with Crippen LogP contribution in [0.5, 0.6) is 0 Å². The number of hydrogen-bond acceptors (Lipinski definition) is 2. The largest absolute Gasteiger partial charge is 0.313 e. The van der Waals surface area contributed by atoms with E-state index in [0.717, 1.165) is 12.3 Å². The Bertz CT molecular complexity index is 347. The fourth-order valence-corrected chi connectivity index (χ4v) is 2.54. The van der Waals surface area contributed by atoms with Crippen molar-refractivity contribution < 1.29 is 0 Å². The molecule has 0 amide bonds. The molecular weight excluding hydrogens is 226 g/mol. The van der Waals surface area contributed by atoms with E-state index >= 15 is 0 Å². The molecule has 0 fully saturated rings. The lowest BCUT2D eigenvalue weighted by Gasteiger charge is -2.17. The fraction of sp³-hybridized carbons (Fsp3) is 0.600. The highest BCUT2D eigenvalue weighted by atomic mass is 32.2. The lowest BCUT2D eigenvalue weighted by Crippen LogP contribution is -2.32. The maximum atomic E-state index is 3.56. The number of thioether (sulfide) groups is 1. The van der Waals surface area contributed by atoms with Gasteiger partial charge in [-0.1, -0.05) is 31.5 Å². The van der Waals surface area contributed by atoms with E-state index < -0.39 is 0 Å². The van der Waals surface area contributed by atoms with Crippen LogP contribution in [0.3, 0.4) is 0 Å². The highest BCUT2D eigenvalue weighted by Gasteiger charge is 2.05. The Kier molecular flexibility index (Phi) is 6.07. The SMILES string of the molecule is Cc1ccc(SCCNC(C)C(C)C)c(C)c1. The first-order chi connectivity index (χ1) is 8.00. The van der Waals surface area contributed by atoms with Crippen LogP contribution in [0, 0.1) is 19.8 Å². The van der Waals surface area contributed by atoms with Crippen LogP contribution in [0.4, 0.5) is 0 Å². The van der Waals surface area contributed by atoms with Gasteiger partial charge in [-0.3, -0.25) is 0 Å². The third kappa shape index (κ3) is 5.13. The summed E-state index contributed by atoms with van der Waals surface area (Å²) in [6, 6.07) is 7.29. The van der Waals surface area contributed by atoms with Gasteiger partial charge in [0.15, 0.2) is 0 Å². The number of aryl methyl sites for hydroxylation is 2. The molecule has 0 aliphatic heterocycles. The van der Waals surface area contributed by atoms with Gasteiger partial charge in [0, 0.05) is 23.2 Å². The van der Waals surface area contributed by atoms with Crippen molar-refractivity contribution >= 4 is 11.8 Å². The Hall–Kier alpha value is -0.470. The van der Waals surface area contributed by atoms with Gasteiger partial charge in [-0.25, -0.2) is 0 Å². The summed E-state index contributed by atoms with van der Waals surface area (Å²) in [5.74, 6) is 1.85. The van der Waals surface area contributed by atoms with E-state index in [1.54, 1.807) is 0 Å². The van der Waals surface area contributed by atoms with E-state index in [0.29, 0.717) is 12.0 Å². The summed E-state index contributed by atoms with van der Waals surface area (Å²) in [4.78, 5) is 1.41. The maximum Gasteiger partial charge on any atom is 0.0106 e. The summed E-state index contributed by atoms with van der Waals surface area (Å²) in [5.41, 5.74) is 2.74. The van der Waals surface area contributed by atoms with Crippen molar-refractivity contribution in [3.05, 3.63) is 29.3 Å². The van der Waals surface area contributed by atoms with E-state index in [2.05, 4.69) is 58.1 Å². The molecule has 0 bridgehead atoms. The second-order valence-electron chi connectivity index (χ2n) is 5.10. The van der Waals surface area contributed by atoms with Crippen molar-refractivity contribution in [2.24, 2.45) is 5.92 Å². The normalized spacial score (nSPS) is 13.1. The summed E-state index contributed by atoms with van der Waals surface area (Å²) in [6.45, 7) is 12.2. The Morgan fingerprint density at radius 1 is 1.18 bits per heavy atom. The fourth-order valence-electron chi connectivity index (χ4n) is 1.64. The molecule has 2 heteroatoms. The predicted molar refractivity (Wildman–Crippen MR) is 78.9 cm³/mol. The quantitative estimate of drug-likeness (QED) is 0.605. The van der Waals surface area contributed by atoms with E-state index in [1.165, 1.54) is 16.0 Å². The molecule has 1 nitrogen and oxygen atoms in total. The van der Waals surface area contributed by atoms with Gasteiger partial charge in [0.05, 0.1) is 0 Å². The molecule has 1 aromatic rings. The van der Waals surface area contributed by atoms with Crippen LogP contribution < -0.4 is 5.32 Å². The molecular formula is C15H25NS. The van der Waals surface area contributed by atoms with Crippen LogP contribution in [0.25, 0.3) is 0 Å². The van der Waals surface area contributed by atoms with Crippen molar-refractivity contribution in [3.8, 4) is 0 Å². The van der Waals surface area contributed by atoms with Gasteiger partial charge in [0.25, 0.3) is 0 Å². The Morgan fingerprint density at radius 3 is 2.47 bits per heavy atom. The topological polar surface area (TPSA) is 12.0 Å².